The van der Waals surface area contributed by atoms with Crippen LogP contribution in [0.15, 0.2) is 6.20 Å². The molecule has 9 nitrogen and oxygen atoms in total. The number of hydrogen-bond donors (Lipinski definition) is 1. The van der Waals surface area contributed by atoms with E-state index >= 15 is 0 Å². The van der Waals surface area contributed by atoms with Crippen molar-refractivity contribution in [1.82, 2.24) is 9.55 Å². The Labute approximate surface area is 89.6 Å². The molecule has 1 unspecified atom stereocenters. The zero-order chi connectivity index (χ0) is 12.3. The molecule has 1 N–H and O–H groups in total. The monoisotopic (exact) mass is 230 g/mol. The van der Waals surface area contributed by atoms with Gasteiger partial charge in [0.1, 0.15) is 0 Å². The summed E-state index contributed by atoms with van der Waals surface area (Å²) >= 11 is 0. The molecular formula is C7H10N4O5. The minimum Gasteiger partial charge on any atom is -0.390 e. The first kappa shape index (κ1) is 12.0. The molecule has 0 aromatic carbocycles. The summed E-state index contributed by atoms with van der Waals surface area (Å²) in [7, 11) is 0. The predicted octanol–water partition coefficient (Wildman–Crippen LogP) is 0.470. The largest absolute Gasteiger partial charge is 0.439 e. The molecule has 1 atom stereocenters. The summed E-state index contributed by atoms with van der Waals surface area (Å²) in [5.74, 6) is -1.24. The van der Waals surface area contributed by atoms with Gasteiger partial charge in [-0.3, -0.25) is 0 Å². The average molecular weight is 230 g/mol. The Kier molecular flexibility index (Phi) is 3.51. The lowest BCUT2D eigenvalue weighted by Crippen LogP contribution is -2.15. The van der Waals surface area contributed by atoms with E-state index in [9.17, 15) is 25.3 Å². The van der Waals surface area contributed by atoms with Gasteiger partial charge in [0.15, 0.2) is 6.20 Å². The van der Waals surface area contributed by atoms with Gasteiger partial charge >= 0.3 is 11.8 Å². The molecule has 0 radical (unpaired) electrons. The summed E-state index contributed by atoms with van der Waals surface area (Å²) in [5.41, 5.74) is 0. The zero-order valence-corrected chi connectivity index (χ0v) is 8.44. The van der Waals surface area contributed by atoms with Crippen LogP contribution in [0.4, 0.5) is 11.8 Å². The van der Waals surface area contributed by atoms with Crippen LogP contribution in [0.5, 0.6) is 0 Å². The second-order valence-corrected chi connectivity index (χ2v) is 3.13. The maximum atomic E-state index is 10.5. The summed E-state index contributed by atoms with van der Waals surface area (Å²) in [5, 5.41) is 30.3. The first-order valence-corrected chi connectivity index (χ1v) is 4.49. The van der Waals surface area contributed by atoms with Gasteiger partial charge in [-0.15, -0.1) is 0 Å². The quantitative estimate of drug-likeness (QED) is 0.579. The molecule has 1 heterocycles. The number of nitro groups is 2. The Morgan fingerprint density at radius 3 is 2.56 bits per heavy atom. The number of aromatic nitrogens is 2. The highest BCUT2D eigenvalue weighted by Crippen LogP contribution is 2.18. The number of hydrogen-bond acceptors (Lipinski definition) is 6. The lowest BCUT2D eigenvalue weighted by atomic mass is 10.3. The molecule has 1 aromatic heterocycles. The SMILES string of the molecule is CCC(O)Cn1cc([N+](=O)[O-])nc1[N+](=O)[O-]. The number of aliphatic hydroxyl groups excluding tert-OH is 1. The van der Waals surface area contributed by atoms with E-state index in [4.69, 9.17) is 0 Å². The van der Waals surface area contributed by atoms with Crippen molar-refractivity contribution in [2.45, 2.75) is 26.0 Å². The molecular weight excluding hydrogens is 220 g/mol. The lowest BCUT2D eigenvalue weighted by Gasteiger charge is -2.05. The average Bonchev–Trinajstić information content (AvgIpc) is 2.61. The molecule has 1 rings (SSSR count). The van der Waals surface area contributed by atoms with Crippen LogP contribution in [-0.2, 0) is 6.54 Å². The van der Waals surface area contributed by atoms with Crippen molar-refractivity contribution >= 4 is 11.8 Å². The summed E-state index contributed by atoms with van der Waals surface area (Å²) in [6.45, 7) is 1.61. The van der Waals surface area contributed by atoms with E-state index in [0.717, 1.165) is 10.8 Å². The summed E-state index contributed by atoms with van der Waals surface area (Å²) in [6, 6.07) is 0. The molecule has 0 bridgehead atoms. The standard InChI is InChI=1S/C7H10N4O5/c1-2-5(12)3-9-4-6(10(13)14)8-7(9)11(15)16/h4-5,12H,2-3H2,1H3. The zero-order valence-electron chi connectivity index (χ0n) is 8.44. The summed E-state index contributed by atoms with van der Waals surface area (Å²) < 4.78 is 0.965. The molecule has 0 amide bonds. The van der Waals surface area contributed by atoms with Crippen molar-refractivity contribution in [3.05, 3.63) is 26.4 Å². The topological polar surface area (TPSA) is 124 Å². The molecule has 9 heteroatoms. The normalized spacial score (nSPS) is 12.4. The molecule has 0 aliphatic carbocycles. The van der Waals surface area contributed by atoms with Crippen molar-refractivity contribution in [2.75, 3.05) is 0 Å². The van der Waals surface area contributed by atoms with Gasteiger partial charge in [-0.2, -0.15) is 0 Å². The third-order valence-corrected chi connectivity index (χ3v) is 1.97. The lowest BCUT2D eigenvalue weighted by molar-refractivity contribution is -0.403. The van der Waals surface area contributed by atoms with Gasteiger partial charge in [-0.25, -0.2) is 4.57 Å². The van der Waals surface area contributed by atoms with E-state index in [1.165, 1.54) is 0 Å². The van der Waals surface area contributed by atoms with Crippen LogP contribution in [-0.4, -0.2) is 30.6 Å². The third-order valence-electron chi connectivity index (χ3n) is 1.97. The summed E-state index contributed by atoms with van der Waals surface area (Å²) in [6.07, 6.45) is 0.535. The van der Waals surface area contributed by atoms with E-state index in [2.05, 4.69) is 4.98 Å². The Morgan fingerprint density at radius 1 is 1.50 bits per heavy atom. The maximum absolute atomic E-state index is 10.5. The van der Waals surface area contributed by atoms with E-state index in [-0.39, 0.29) is 6.54 Å². The Morgan fingerprint density at radius 2 is 2.12 bits per heavy atom. The Balaban J connectivity index is 3.05. The third kappa shape index (κ3) is 2.51. The van der Waals surface area contributed by atoms with Crippen molar-refractivity contribution in [3.63, 3.8) is 0 Å². The molecule has 0 spiro atoms. The molecule has 88 valence electrons. The van der Waals surface area contributed by atoms with Crippen LogP contribution in [0.2, 0.25) is 0 Å². The van der Waals surface area contributed by atoms with Crippen LogP contribution in [0.3, 0.4) is 0 Å². The minimum absolute atomic E-state index is 0.0896. The van der Waals surface area contributed by atoms with Gasteiger partial charge in [-0.1, -0.05) is 6.92 Å². The van der Waals surface area contributed by atoms with Crippen molar-refractivity contribution in [1.29, 1.82) is 0 Å². The number of aliphatic hydroxyl groups is 1. The maximum Gasteiger partial charge on any atom is 0.439 e. The highest BCUT2D eigenvalue weighted by Gasteiger charge is 2.24. The molecule has 0 aliphatic heterocycles. The molecule has 0 saturated heterocycles. The number of imidazole rings is 1. The smallest absolute Gasteiger partial charge is 0.390 e. The molecule has 1 aromatic rings. The molecule has 0 aliphatic rings. The van der Waals surface area contributed by atoms with Crippen molar-refractivity contribution in [2.24, 2.45) is 0 Å². The molecule has 16 heavy (non-hydrogen) atoms. The van der Waals surface area contributed by atoms with Crippen LogP contribution < -0.4 is 0 Å². The first-order chi connectivity index (χ1) is 7.45. The first-order valence-electron chi connectivity index (χ1n) is 4.49. The fraction of sp³-hybridized carbons (Fsp3) is 0.571. The van der Waals surface area contributed by atoms with E-state index in [1.54, 1.807) is 6.92 Å². The van der Waals surface area contributed by atoms with Gasteiger partial charge in [0, 0.05) is 0 Å². The van der Waals surface area contributed by atoms with E-state index in [0.29, 0.717) is 6.42 Å². The highest BCUT2D eigenvalue weighted by molar-refractivity contribution is 5.24. The van der Waals surface area contributed by atoms with Crippen LogP contribution in [0.1, 0.15) is 13.3 Å². The van der Waals surface area contributed by atoms with Crippen LogP contribution >= 0.6 is 0 Å². The van der Waals surface area contributed by atoms with Gasteiger partial charge in [0.25, 0.3) is 0 Å². The number of rotatable bonds is 5. The van der Waals surface area contributed by atoms with Gasteiger partial charge in [0.2, 0.25) is 0 Å². The second-order valence-electron chi connectivity index (χ2n) is 3.13. The summed E-state index contributed by atoms with van der Waals surface area (Å²) in [4.78, 5) is 22.5. The second kappa shape index (κ2) is 4.66. The van der Waals surface area contributed by atoms with E-state index < -0.39 is 27.7 Å². The highest BCUT2D eigenvalue weighted by atomic mass is 16.6. The number of nitrogens with zero attached hydrogens (tertiary/aromatic N) is 4. The molecule has 0 saturated carbocycles. The Bertz CT molecular complexity index is 415. The van der Waals surface area contributed by atoms with Crippen molar-refractivity contribution in [3.8, 4) is 0 Å². The van der Waals surface area contributed by atoms with Crippen LogP contribution in [0.25, 0.3) is 0 Å². The van der Waals surface area contributed by atoms with Crippen molar-refractivity contribution < 1.29 is 15.0 Å². The predicted molar refractivity (Wildman–Crippen MR) is 51.8 cm³/mol. The fourth-order valence-electron chi connectivity index (χ4n) is 1.12. The minimum atomic E-state index is -0.824. The Hall–Kier alpha value is -2.03. The van der Waals surface area contributed by atoms with Gasteiger partial charge < -0.3 is 25.3 Å². The van der Waals surface area contributed by atoms with Gasteiger partial charge in [0.05, 0.1) is 12.6 Å². The van der Waals surface area contributed by atoms with Crippen LogP contribution in [0, 0.1) is 20.2 Å². The molecule has 0 fully saturated rings. The fourth-order valence-corrected chi connectivity index (χ4v) is 1.12. The van der Waals surface area contributed by atoms with E-state index in [1.807, 2.05) is 0 Å². The van der Waals surface area contributed by atoms with Gasteiger partial charge in [-0.05, 0) is 21.3 Å².